The van der Waals surface area contributed by atoms with Crippen molar-refractivity contribution in [2.45, 2.75) is 64.0 Å². The van der Waals surface area contributed by atoms with Gasteiger partial charge >= 0.3 is 0 Å². The summed E-state index contributed by atoms with van der Waals surface area (Å²) in [7, 11) is 0. The Hall–Kier alpha value is -1.84. The van der Waals surface area contributed by atoms with E-state index in [-0.39, 0.29) is 24.9 Å². The fourth-order valence-corrected chi connectivity index (χ4v) is 3.85. The van der Waals surface area contributed by atoms with E-state index in [4.69, 9.17) is 0 Å². The van der Waals surface area contributed by atoms with Crippen LogP contribution in [-0.4, -0.2) is 18.0 Å². The largest absolute Gasteiger partial charge is 0.370 e. The van der Waals surface area contributed by atoms with E-state index in [1.807, 2.05) is 0 Å². The maximum Gasteiger partial charge on any atom is 0.248 e. The highest BCUT2D eigenvalue weighted by Crippen LogP contribution is 2.35. The number of halogens is 2. The summed E-state index contributed by atoms with van der Waals surface area (Å²) in [5, 5.41) is 6.69. The summed E-state index contributed by atoms with van der Waals surface area (Å²) in [4.78, 5) is 0. The van der Waals surface area contributed by atoms with Gasteiger partial charge in [0.1, 0.15) is 0 Å². The topological polar surface area (TPSA) is 24.1 Å². The Morgan fingerprint density at radius 2 is 1.92 bits per heavy atom. The van der Waals surface area contributed by atoms with Gasteiger partial charge < -0.3 is 10.6 Å². The molecule has 4 heteroatoms. The third-order valence-electron chi connectivity index (χ3n) is 5.29. The molecule has 0 radical (unpaired) electrons. The molecule has 0 aromatic heterocycles. The van der Waals surface area contributed by atoms with Gasteiger partial charge in [-0.2, -0.15) is 0 Å². The van der Waals surface area contributed by atoms with E-state index in [1.165, 1.54) is 22.3 Å². The van der Waals surface area contributed by atoms with Crippen molar-refractivity contribution in [3.05, 3.63) is 53.4 Å². The second kappa shape index (κ2) is 6.58. The van der Waals surface area contributed by atoms with Crippen LogP contribution in [0, 0.1) is 0 Å². The van der Waals surface area contributed by atoms with Crippen molar-refractivity contribution in [3.63, 3.8) is 0 Å². The van der Waals surface area contributed by atoms with Gasteiger partial charge in [-0.15, -0.1) is 0 Å². The zero-order valence-electron chi connectivity index (χ0n) is 14.5. The number of alkyl halides is 2. The Balaban J connectivity index is 1.55. The number of nitrogens with one attached hydrogen (secondary N) is 2. The van der Waals surface area contributed by atoms with Crippen LogP contribution in [0.4, 0.5) is 8.78 Å². The minimum Gasteiger partial charge on any atom is -0.370 e. The lowest BCUT2D eigenvalue weighted by molar-refractivity contribution is -0.0398. The Morgan fingerprint density at radius 3 is 2.58 bits per heavy atom. The molecule has 2 nitrogen and oxygen atoms in total. The monoisotopic (exact) mass is 332 g/mol. The van der Waals surface area contributed by atoms with E-state index in [9.17, 15) is 8.78 Å². The number of fused-ring (bicyclic) bond motifs is 1. The Labute approximate surface area is 143 Å². The molecule has 1 aromatic rings. The molecule has 0 bridgehead atoms. The summed E-state index contributed by atoms with van der Waals surface area (Å²) in [6.45, 7) is 8.34. The molecule has 0 amide bonds. The van der Waals surface area contributed by atoms with E-state index < -0.39 is 5.92 Å². The van der Waals surface area contributed by atoms with E-state index in [0.29, 0.717) is 12.8 Å². The summed E-state index contributed by atoms with van der Waals surface area (Å²) >= 11 is 0. The SMILES string of the molecule is C=C(NC1CCC(F)(F)CC1)NC(C)C1=C(C)c2ccccc2C1. The summed E-state index contributed by atoms with van der Waals surface area (Å²) < 4.78 is 26.5. The molecule has 1 atom stereocenters. The number of rotatable bonds is 5. The third kappa shape index (κ3) is 3.63. The molecule has 2 aliphatic rings. The summed E-state index contributed by atoms with van der Waals surface area (Å²) in [5.74, 6) is -1.76. The second-order valence-electron chi connectivity index (χ2n) is 7.10. The fourth-order valence-electron chi connectivity index (χ4n) is 3.85. The first-order chi connectivity index (χ1) is 11.4. The van der Waals surface area contributed by atoms with E-state index >= 15 is 0 Å². The van der Waals surface area contributed by atoms with Gasteiger partial charge in [0.25, 0.3) is 0 Å². The maximum atomic E-state index is 13.2. The Bertz CT molecular complexity index is 653. The van der Waals surface area contributed by atoms with Gasteiger partial charge in [-0.25, -0.2) is 8.78 Å². The zero-order chi connectivity index (χ0) is 17.3. The van der Waals surface area contributed by atoms with Crippen molar-refractivity contribution in [1.82, 2.24) is 10.6 Å². The summed E-state index contributed by atoms with van der Waals surface area (Å²) in [6.07, 6.45) is 1.88. The third-order valence-corrected chi connectivity index (χ3v) is 5.29. The molecule has 130 valence electrons. The van der Waals surface area contributed by atoms with Gasteiger partial charge in [-0.05, 0) is 55.4 Å². The molecule has 1 unspecified atom stereocenters. The summed E-state index contributed by atoms with van der Waals surface area (Å²) in [5.41, 5.74) is 5.39. The van der Waals surface area contributed by atoms with Crippen LogP contribution in [-0.2, 0) is 6.42 Å². The highest BCUT2D eigenvalue weighted by atomic mass is 19.3. The summed E-state index contributed by atoms with van der Waals surface area (Å²) in [6, 6.07) is 8.75. The minimum atomic E-state index is -2.49. The van der Waals surface area contributed by atoms with Crippen molar-refractivity contribution < 1.29 is 8.78 Å². The molecule has 0 heterocycles. The lowest BCUT2D eigenvalue weighted by Crippen LogP contribution is -2.42. The van der Waals surface area contributed by atoms with E-state index in [2.05, 4.69) is 55.3 Å². The minimum absolute atomic E-state index is 0.0347. The van der Waals surface area contributed by atoms with Crippen molar-refractivity contribution in [2.75, 3.05) is 0 Å². The van der Waals surface area contributed by atoms with Crippen LogP contribution in [0.2, 0.25) is 0 Å². The second-order valence-corrected chi connectivity index (χ2v) is 7.10. The van der Waals surface area contributed by atoms with Crippen LogP contribution >= 0.6 is 0 Å². The average Bonchev–Trinajstić information content (AvgIpc) is 2.87. The molecule has 3 rings (SSSR count). The van der Waals surface area contributed by atoms with Gasteiger partial charge in [0.15, 0.2) is 0 Å². The van der Waals surface area contributed by atoms with Crippen LogP contribution < -0.4 is 10.6 Å². The molecule has 0 saturated heterocycles. The lowest BCUT2D eigenvalue weighted by atomic mass is 9.92. The number of benzene rings is 1. The van der Waals surface area contributed by atoms with Crippen LogP contribution in [0.3, 0.4) is 0 Å². The van der Waals surface area contributed by atoms with Crippen LogP contribution in [0.1, 0.15) is 50.7 Å². The van der Waals surface area contributed by atoms with Crippen LogP contribution in [0.5, 0.6) is 0 Å². The molecule has 2 aliphatic carbocycles. The molecule has 0 spiro atoms. The van der Waals surface area contributed by atoms with Gasteiger partial charge in [0.2, 0.25) is 5.92 Å². The normalized spacial score (nSPS) is 21.3. The Kier molecular flexibility index (Phi) is 4.66. The molecule has 1 saturated carbocycles. The van der Waals surface area contributed by atoms with Crippen molar-refractivity contribution in [1.29, 1.82) is 0 Å². The highest BCUT2D eigenvalue weighted by Gasteiger charge is 2.35. The first-order valence-electron chi connectivity index (χ1n) is 8.73. The van der Waals surface area contributed by atoms with Gasteiger partial charge in [-0.3, -0.25) is 0 Å². The highest BCUT2D eigenvalue weighted by molar-refractivity contribution is 5.75. The first kappa shape index (κ1) is 17.0. The standard InChI is InChI=1S/C20H26F2N2/c1-13-18-7-5-4-6-16(18)12-19(13)14(2)23-15(3)24-17-8-10-20(21,22)11-9-17/h4-7,14,17,23-24H,3,8-12H2,1-2H3. The molecular weight excluding hydrogens is 306 g/mol. The molecule has 0 aliphatic heterocycles. The first-order valence-corrected chi connectivity index (χ1v) is 8.73. The van der Waals surface area contributed by atoms with Crippen LogP contribution in [0.25, 0.3) is 5.57 Å². The number of hydrogen-bond acceptors (Lipinski definition) is 2. The van der Waals surface area contributed by atoms with Crippen LogP contribution in [0.15, 0.2) is 42.2 Å². The smallest absolute Gasteiger partial charge is 0.248 e. The predicted octanol–water partition coefficient (Wildman–Crippen LogP) is 4.63. The van der Waals surface area contributed by atoms with Gasteiger partial charge in [0.05, 0.1) is 5.82 Å². The molecule has 1 fully saturated rings. The molecular formula is C20H26F2N2. The molecule has 1 aromatic carbocycles. The van der Waals surface area contributed by atoms with Crippen molar-refractivity contribution in [3.8, 4) is 0 Å². The molecule has 2 N–H and O–H groups in total. The van der Waals surface area contributed by atoms with Crippen molar-refractivity contribution >= 4 is 5.57 Å². The Morgan fingerprint density at radius 1 is 1.25 bits per heavy atom. The quantitative estimate of drug-likeness (QED) is 0.821. The van der Waals surface area contributed by atoms with E-state index in [1.54, 1.807) is 0 Å². The zero-order valence-corrected chi connectivity index (χ0v) is 14.5. The average molecular weight is 332 g/mol. The number of allylic oxidation sites excluding steroid dienone is 1. The van der Waals surface area contributed by atoms with Crippen molar-refractivity contribution in [2.24, 2.45) is 0 Å². The fraction of sp³-hybridized carbons (Fsp3) is 0.500. The molecule has 24 heavy (non-hydrogen) atoms. The predicted molar refractivity (Wildman–Crippen MR) is 94.8 cm³/mol. The maximum absolute atomic E-state index is 13.2. The van der Waals surface area contributed by atoms with E-state index in [0.717, 1.165) is 12.2 Å². The van der Waals surface area contributed by atoms with Gasteiger partial charge in [0, 0.05) is 24.9 Å². The lowest BCUT2D eigenvalue weighted by Gasteiger charge is -2.31. The van der Waals surface area contributed by atoms with Gasteiger partial charge in [-0.1, -0.05) is 30.8 Å². The number of hydrogen-bond donors (Lipinski definition) is 2.